The van der Waals surface area contributed by atoms with E-state index in [-0.39, 0.29) is 19.1 Å². The predicted molar refractivity (Wildman–Crippen MR) is 111 cm³/mol. The highest BCUT2D eigenvalue weighted by Gasteiger charge is 2.23. The number of carbonyl (C=O) groups excluding carboxylic acids is 3. The van der Waals surface area contributed by atoms with Crippen molar-refractivity contribution in [3.05, 3.63) is 65.9 Å². The maximum Gasteiger partial charge on any atom is 0.340 e. The quantitative estimate of drug-likeness (QED) is 0.609. The van der Waals surface area contributed by atoms with Gasteiger partial charge in [0.15, 0.2) is 6.61 Å². The van der Waals surface area contributed by atoms with Crippen LogP contribution >= 0.6 is 0 Å². The van der Waals surface area contributed by atoms with E-state index in [4.69, 9.17) is 9.47 Å². The second-order valence-electron chi connectivity index (χ2n) is 7.12. The van der Waals surface area contributed by atoms with Crippen LogP contribution in [0.2, 0.25) is 0 Å². The van der Waals surface area contributed by atoms with Gasteiger partial charge in [-0.1, -0.05) is 36.4 Å². The van der Waals surface area contributed by atoms with Crippen molar-refractivity contribution in [1.29, 1.82) is 0 Å². The molecule has 30 heavy (non-hydrogen) atoms. The van der Waals surface area contributed by atoms with Crippen LogP contribution in [0.5, 0.6) is 0 Å². The molecule has 0 atom stereocenters. The van der Waals surface area contributed by atoms with Crippen LogP contribution in [-0.2, 0) is 32.0 Å². The molecule has 1 aliphatic rings. The van der Waals surface area contributed by atoms with Gasteiger partial charge in [0.05, 0.1) is 12.7 Å². The van der Waals surface area contributed by atoms with Crippen molar-refractivity contribution in [1.82, 2.24) is 4.57 Å². The molecular weight excluding hydrogens is 384 g/mol. The zero-order chi connectivity index (χ0) is 21.1. The van der Waals surface area contributed by atoms with Crippen LogP contribution < -0.4 is 4.90 Å². The molecule has 1 amide bonds. The summed E-state index contributed by atoms with van der Waals surface area (Å²) in [7, 11) is 1.31. The molecule has 0 saturated carbocycles. The summed E-state index contributed by atoms with van der Waals surface area (Å²) < 4.78 is 11.7. The predicted octanol–water partition coefficient (Wildman–Crippen LogP) is 2.95. The molecule has 1 aliphatic heterocycles. The molecule has 0 radical (unpaired) electrons. The summed E-state index contributed by atoms with van der Waals surface area (Å²) >= 11 is 0. The fourth-order valence-electron chi connectivity index (χ4n) is 3.85. The molecule has 154 valence electrons. The number of hydrogen-bond acceptors (Lipinski definition) is 5. The second-order valence-corrected chi connectivity index (χ2v) is 7.12. The molecule has 1 aromatic heterocycles. The molecule has 7 nitrogen and oxygen atoms in total. The van der Waals surface area contributed by atoms with E-state index in [1.807, 2.05) is 42.5 Å². The molecule has 2 aromatic carbocycles. The topological polar surface area (TPSA) is 77.8 Å². The largest absolute Gasteiger partial charge is 0.465 e. The Bertz CT molecular complexity index is 1120. The molecule has 0 aliphatic carbocycles. The number of aromatic nitrogens is 1. The summed E-state index contributed by atoms with van der Waals surface area (Å²) in [5.74, 6) is -1.27. The number of nitrogens with zero attached hydrogens (tertiary/aromatic N) is 2. The number of carbonyl (C=O) groups is 3. The van der Waals surface area contributed by atoms with Crippen LogP contribution in [-0.4, -0.2) is 42.7 Å². The minimum atomic E-state index is -0.550. The van der Waals surface area contributed by atoms with E-state index in [0.717, 1.165) is 24.1 Å². The molecule has 4 rings (SSSR count). The lowest BCUT2D eigenvalue weighted by Gasteiger charge is -2.29. The van der Waals surface area contributed by atoms with Gasteiger partial charge in [-0.3, -0.25) is 9.59 Å². The van der Waals surface area contributed by atoms with E-state index in [9.17, 15) is 14.4 Å². The van der Waals surface area contributed by atoms with Crippen LogP contribution in [0.25, 0.3) is 10.9 Å². The van der Waals surface area contributed by atoms with Crippen molar-refractivity contribution >= 4 is 34.4 Å². The molecule has 0 saturated heterocycles. The lowest BCUT2D eigenvalue weighted by Crippen LogP contribution is -2.38. The zero-order valence-corrected chi connectivity index (χ0v) is 16.7. The lowest BCUT2D eigenvalue weighted by molar-refractivity contribution is -0.148. The summed E-state index contributed by atoms with van der Waals surface area (Å²) in [5.41, 5.74) is 3.09. The second kappa shape index (κ2) is 8.41. The zero-order valence-electron chi connectivity index (χ0n) is 16.7. The number of fused-ring (bicyclic) bond motifs is 2. The molecular formula is C23H22N2O5. The minimum Gasteiger partial charge on any atom is -0.465 e. The standard InChI is InChI=1S/C23H22N2O5/c1-29-23(28)18-13-24(20-11-5-3-9-17(18)20)14-22(27)30-15-21(26)25-12-6-8-16-7-2-4-10-19(16)25/h2-5,7,9-11,13H,6,8,12,14-15H2,1H3. The molecule has 0 bridgehead atoms. The van der Waals surface area contributed by atoms with Gasteiger partial charge >= 0.3 is 11.9 Å². The Balaban J connectivity index is 1.44. The van der Waals surface area contributed by atoms with E-state index in [1.54, 1.807) is 21.7 Å². The number of esters is 2. The molecule has 7 heteroatoms. The van der Waals surface area contributed by atoms with E-state index in [2.05, 4.69) is 0 Å². The van der Waals surface area contributed by atoms with Crippen LogP contribution in [0.3, 0.4) is 0 Å². The first kappa shape index (κ1) is 19.7. The Hall–Kier alpha value is -3.61. The average molecular weight is 406 g/mol. The van der Waals surface area contributed by atoms with Gasteiger partial charge in [-0.05, 0) is 30.5 Å². The van der Waals surface area contributed by atoms with Gasteiger partial charge in [-0.15, -0.1) is 0 Å². The number of anilines is 1. The third-order valence-corrected chi connectivity index (χ3v) is 5.26. The number of ether oxygens (including phenoxy) is 2. The smallest absolute Gasteiger partial charge is 0.340 e. The highest BCUT2D eigenvalue weighted by molar-refractivity contribution is 6.04. The summed E-state index contributed by atoms with van der Waals surface area (Å²) in [4.78, 5) is 38.7. The maximum atomic E-state index is 12.6. The highest BCUT2D eigenvalue weighted by Crippen LogP contribution is 2.27. The number of amides is 1. The van der Waals surface area contributed by atoms with Crippen LogP contribution in [0.1, 0.15) is 22.3 Å². The van der Waals surface area contributed by atoms with Gasteiger partial charge in [0.2, 0.25) is 0 Å². The summed E-state index contributed by atoms with van der Waals surface area (Å²) in [6.45, 7) is 0.176. The Morgan fingerprint density at radius 1 is 1.03 bits per heavy atom. The van der Waals surface area contributed by atoms with Crippen molar-refractivity contribution in [2.75, 3.05) is 25.2 Å². The van der Waals surface area contributed by atoms with Gasteiger partial charge in [-0.25, -0.2) is 4.79 Å². The SMILES string of the molecule is COC(=O)c1cn(CC(=O)OCC(=O)N2CCCc3ccccc32)c2ccccc12. The van der Waals surface area contributed by atoms with E-state index in [1.165, 1.54) is 7.11 Å². The number of hydrogen-bond donors (Lipinski definition) is 0. The molecule has 0 spiro atoms. The fourth-order valence-corrected chi connectivity index (χ4v) is 3.85. The Labute approximate surface area is 173 Å². The fraction of sp³-hybridized carbons (Fsp3) is 0.261. The van der Waals surface area contributed by atoms with Gasteiger partial charge in [-0.2, -0.15) is 0 Å². The number of methoxy groups -OCH3 is 1. The minimum absolute atomic E-state index is 0.110. The van der Waals surface area contributed by atoms with E-state index < -0.39 is 11.9 Å². The average Bonchev–Trinajstić information content (AvgIpc) is 3.15. The van der Waals surface area contributed by atoms with Crippen LogP contribution in [0.15, 0.2) is 54.7 Å². The summed E-state index contributed by atoms with van der Waals surface area (Å²) in [6, 6.07) is 15.0. The molecule has 2 heterocycles. The molecule has 3 aromatic rings. The van der Waals surface area contributed by atoms with Gasteiger partial charge in [0.1, 0.15) is 6.54 Å². The van der Waals surface area contributed by atoms with Crippen molar-refractivity contribution in [2.45, 2.75) is 19.4 Å². The Morgan fingerprint density at radius 3 is 2.63 bits per heavy atom. The first-order chi connectivity index (χ1) is 14.6. The number of para-hydroxylation sites is 2. The van der Waals surface area contributed by atoms with Crippen LogP contribution in [0.4, 0.5) is 5.69 Å². The molecule has 0 unspecified atom stereocenters. The van der Waals surface area contributed by atoms with E-state index >= 15 is 0 Å². The van der Waals surface area contributed by atoms with Gasteiger partial charge in [0.25, 0.3) is 5.91 Å². The van der Waals surface area contributed by atoms with Crippen molar-refractivity contribution in [3.8, 4) is 0 Å². The summed E-state index contributed by atoms with van der Waals surface area (Å²) in [6.07, 6.45) is 3.38. The lowest BCUT2D eigenvalue weighted by atomic mass is 10.0. The normalized spacial score (nSPS) is 13.0. The number of rotatable bonds is 5. The maximum absolute atomic E-state index is 12.6. The molecule has 0 N–H and O–H groups in total. The third-order valence-electron chi connectivity index (χ3n) is 5.26. The Kier molecular flexibility index (Phi) is 5.52. The van der Waals surface area contributed by atoms with Gasteiger partial charge in [0, 0.05) is 29.3 Å². The first-order valence-corrected chi connectivity index (χ1v) is 9.78. The number of aryl methyl sites for hydroxylation is 1. The summed E-state index contributed by atoms with van der Waals surface area (Å²) in [5, 5.41) is 0.693. The first-order valence-electron chi connectivity index (χ1n) is 9.78. The Morgan fingerprint density at radius 2 is 1.80 bits per heavy atom. The van der Waals surface area contributed by atoms with Crippen molar-refractivity contribution < 1.29 is 23.9 Å². The van der Waals surface area contributed by atoms with Gasteiger partial charge < -0.3 is 18.9 Å². The monoisotopic (exact) mass is 406 g/mol. The van der Waals surface area contributed by atoms with E-state index in [0.29, 0.717) is 23.0 Å². The highest BCUT2D eigenvalue weighted by atomic mass is 16.5. The third kappa shape index (κ3) is 3.78. The van der Waals surface area contributed by atoms with Crippen molar-refractivity contribution in [2.24, 2.45) is 0 Å². The van der Waals surface area contributed by atoms with Crippen molar-refractivity contribution in [3.63, 3.8) is 0 Å². The number of benzene rings is 2. The van der Waals surface area contributed by atoms with Crippen LogP contribution in [0, 0.1) is 0 Å². The molecule has 0 fully saturated rings.